The maximum atomic E-state index is 12.1. The lowest BCUT2D eigenvalue weighted by Crippen LogP contribution is -2.22. The van der Waals surface area contributed by atoms with Crippen LogP contribution >= 0.6 is 11.8 Å². The average Bonchev–Trinajstić information content (AvgIpc) is 2.98. The minimum absolute atomic E-state index is 0.244. The van der Waals surface area contributed by atoms with Crippen LogP contribution < -0.4 is 10.1 Å². The number of ether oxygens (including phenoxy) is 1. The average molecular weight is 345 g/mol. The Morgan fingerprint density at radius 3 is 2.57 bits per heavy atom. The largest absolute Gasteiger partial charge is 0.573 e. The Kier molecular flexibility index (Phi) is 5.59. The minimum Gasteiger partial charge on any atom is -0.468 e. The van der Waals surface area contributed by atoms with Gasteiger partial charge in [0.1, 0.15) is 11.5 Å². The van der Waals surface area contributed by atoms with Gasteiger partial charge in [0.2, 0.25) is 5.91 Å². The van der Waals surface area contributed by atoms with Gasteiger partial charge in [0, 0.05) is 5.69 Å². The number of alkyl halides is 3. The van der Waals surface area contributed by atoms with Crippen molar-refractivity contribution >= 4 is 23.4 Å². The van der Waals surface area contributed by atoms with E-state index in [-0.39, 0.29) is 16.9 Å². The molecule has 23 heavy (non-hydrogen) atoms. The summed E-state index contributed by atoms with van der Waals surface area (Å²) in [4.78, 5) is 12.0. The fourth-order valence-corrected chi connectivity index (χ4v) is 2.45. The molecule has 0 saturated heterocycles. The summed E-state index contributed by atoms with van der Waals surface area (Å²) in [5.74, 6) is 0.741. The highest BCUT2D eigenvalue weighted by Crippen LogP contribution is 2.24. The van der Waals surface area contributed by atoms with E-state index >= 15 is 0 Å². The molecule has 2 aromatic rings. The summed E-state index contributed by atoms with van der Waals surface area (Å²) in [5, 5.41) is 2.29. The highest BCUT2D eigenvalue weighted by molar-refractivity contribution is 7.99. The Bertz CT molecular complexity index is 626. The number of hydrogen-bond acceptors (Lipinski definition) is 4. The summed E-state index contributed by atoms with van der Waals surface area (Å²) in [5.41, 5.74) is 0.398. The monoisotopic (exact) mass is 345 g/mol. The molecule has 0 saturated carbocycles. The lowest BCUT2D eigenvalue weighted by molar-refractivity contribution is -0.274. The minimum atomic E-state index is -4.73. The van der Waals surface area contributed by atoms with E-state index in [1.807, 2.05) is 6.07 Å². The molecule has 0 radical (unpaired) electrons. The van der Waals surface area contributed by atoms with Gasteiger partial charge in [0.05, 0.1) is 17.3 Å². The maximum absolute atomic E-state index is 12.1. The topological polar surface area (TPSA) is 51.5 Å². The van der Waals surface area contributed by atoms with Gasteiger partial charge in [-0.05, 0) is 43.3 Å². The SMILES string of the molecule is C[C@H](SCc1ccco1)C(=O)Nc1ccc(OC(F)(F)F)cc1. The molecule has 1 aromatic carbocycles. The van der Waals surface area contributed by atoms with Crippen LogP contribution in [0, 0.1) is 0 Å². The molecule has 124 valence electrons. The first kappa shape index (κ1) is 17.3. The fourth-order valence-electron chi connectivity index (χ4n) is 1.66. The van der Waals surface area contributed by atoms with Crippen LogP contribution in [0.2, 0.25) is 0 Å². The second kappa shape index (κ2) is 7.45. The van der Waals surface area contributed by atoms with Crippen LogP contribution in [0.15, 0.2) is 47.1 Å². The standard InChI is InChI=1S/C15H14F3NO3S/c1-10(23-9-13-3-2-8-21-13)14(20)19-11-4-6-12(7-5-11)22-15(16,17)18/h2-8,10H,9H2,1H3,(H,19,20)/t10-/m0/s1. The second-order valence-corrected chi connectivity index (χ2v) is 5.92. The van der Waals surface area contributed by atoms with Gasteiger partial charge in [-0.3, -0.25) is 4.79 Å². The molecule has 0 unspecified atom stereocenters. The van der Waals surface area contributed by atoms with Crippen LogP contribution in [-0.4, -0.2) is 17.5 Å². The number of thioether (sulfide) groups is 1. The molecule has 0 spiro atoms. The van der Waals surface area contributed by atoms with Crippen molar-refractivity contribution < 1.29 is 27.1 Å². The fraction of sp³-hybridized carbons (Fsp3) is 0.267. The molecule has 8 heteroatoms. The lowest BCUT2D eigenvalue weighted by Gasteiger charge is -2.12. The van der Waals surface area contributed by atoms with Crippen molar-refractivity contribution in [2.24, 2.45) is 0 Å². The van der Waals surface area contributed by atoms with Crippen LogP contribution in [0.3, 0.4) is 0 Å². The van der Waals surface area contributed by atoms with E-state index in [9.17, 15) is 18.0 Å². The molecular weight excluding hydrogens is 331 g/mol. The molecule has 2 rings (SSSR count). The van der Waals surface area contributed by atoms with Crippen LogP contribution in [0.5, 0.6) is 5.75 Å². The first-order valence-electron chi connectivity index (χ1n) is 6.64. The number of nitrogens with one attached hydrogen (secondary N) is 1. The summed E-state index contributed by atoms with van der Waals surface area (Å²) in [6, 6.07) is 8.57. The molecule has 1 aromatic heterocycles. The molecule has 0 aliphatic rings. The molecule has 0 aliphatic heterocycles. The second-order valence-electron chi connectivity index (χ2n) is 4.59. The zero-order valence-electron chi connectivity index (χ0n) is 12.1. The molecule has 0 bridgehead atoms. The predicted octanol–water partition coefficient (Wildman–Crippen LogP) is 4.44. The van der Waals surface area contributed by atoms with E-state index in [0.717, 1.165) is 17.9 Å². The Morgan fingerprint density at radius 1 is 1.30 bits per heavy atom. The van der Waals surface area contributed by atoms with Gasteiger partial charge in [-0.1, -0.05) is 0 Å². The number of hydrogen-bond donors (Lipinski definition) is 1. The Morgan fingerprint density at radius 2 is 2.00 bits per heavy atom. The van der Waals surface area contributed by atoms with Crippen molar-refractivity contribution in [1.82, 2.24) is 0 Å². The summed E-state index contributed by atoms with van der Waals surface area (Å²) >= 11 is 1.39. The summed E-state index contributed by atoms with van der Waals surface area (Å²) in [6.07, 6.45) is -3.17. The number of carbonyl (C=O) groups is 1. The normalized spacial score (nSPS) is 12.7. The molecule has 1 atom stereocenters. The van der Waals surface area contributed by atoms with Gasteiger partial charge in [0.25, 0.3) is 0 Å². The smallest absolute Gasteiger partial charge is 0.468 e. The number of benzene rings is 1. The van der Waals surface area contributed by atoms with Crippen molar-refractivity contribution in [3.63, 3.8) is 0 Å². The Hall–Kier alpha value is -2.09. The Labute approximate surface area is 135 Å². The van der Waals surface area contributed by atoms with Gasteiger partial charge < -0.3 is 14.5 Å². The van der Waals surface area contributed by atoms with Crippen molar-refractivity contribution in [2.45, 2.75) is 24.3 Å². The maximum Gasteiger partial charge on any atom is 0.573 e. The zero-order chi connectivity index (χ0) is 16.9. The summed E-state index contributed by atoms with van der Waals surface area (Å²) < 4.78 is 45.1. The third-order valence-corrected chi connectivity index (χ3v) is 3.95. The van der Waals surface area contributed by atoms with Crippen molar-refractivity contribution in [3.8, 4) is 5.75 Å². The molecule has 1 heterocycles. The Balaban J connectivity index is 1.84. The van der Waals surface area contributed by atoms with E-state index in [1.54, 1.807) is 19.3 Å². The highest BCUT2D eigenvalue weighted by Gasteiger charge is 2.31. The molecule has 4 nitrogen and oxygen atoms in total. The van der Waals surface area contributed by atoms with Gasteiger partial charge >= 0.3 is 6.36 Å². The summed E-state index contributed by atoms with van der Waals surface area (Å²) in [6.45, 7) is 1.74. The van der Waals surface area contributed by atoms with Gasteiger partial charge in [-0.15, -0.1) is 24.9 Å². The summed E-state index contributed by atoms with van der Waals surface area (Å²) in [7, 11) is 0. The predicted molar refractivity (Wildman–Crippen MR) is 81.2 cm³/mol. The first-order chi connectivity index (χ1) is 10.8. The van der Waals surface area contributed by atoms with Crippen LogP contribution in [0.25, 0.3) is 0 Å². The molecule has 1 N–H and O–H groups in total. The molecule has 0 fully saturated rings. The number of furan rings is 1. The number of anilines is 1. The van der Waals surface area contributed by atoms with Crippen molar-refractivity contribution in [2.75, 3.05) is 5.32 Å². The molecular formula is C15H14F3NO3S. The van der Waals surface area contributed by atoms with Crippen molar-refractivity contribution in [1.29, 1.82) is 0 Å². The molecule has 0 aliphatic carbocycles. The van der Waals surface area contributed by atoms with E-state index in [4.69, 9.17) is 4.42 Å². The van der Waals surface area contributed by atoms with E-state index < -0.39 is 6.36 Å². The quantitative estimate of drug-likeness (QED) is 0.841. The van der Waals surface area contributed by atoms with Gasteiger partial charge in [-0.25, -0.2) is 0 Å². The van der Waals surface area contributed by atoms with Crippen LogP contribution in [0.1, 0.15) is 12.7 Å². The number of carbonyl (C=O) groups excluding carboxylic acids is 1. The third kappa shape index (κ3) is 5.90. The first-order valence-corrected chi connectivity index (χ1v) is 7.69. The molecule has 1 amide bonds. The number of amides is 1. The van der Waals surface area contributed by atoms with Gasteiger partial charge in [-0.2, -0.15) is 0 Å². The van der Waals surface area contributed by atoms with E-state index in [2.05, 4.69) is 10.1 Å². The van der Waals surface area contributed by atoms with Crippen LogP contribution in [-0.2, 0) is 10.5 Å². The van der Waals surface area contributed by atoms with Crippen LogP contribution in [0.4, 0.5) is 18.9 Å². The van der Waals surface area contributed by atoms with E-state index in [0.29, 0.717) is 11.4 Å². The lowest BCUT2D eigenvalue weighted by atomic mass is 10.3. The highest BCUT2D eigenvalue weighted by atomic mass is 32.2. The number of halogens is 3. The number of rotatable bonds is 6. The van der Waals surface area contributed by atoms with Gasteiger partial charge in [0.15, 0.2) is 0 Å². The van der Waals surface area contributed by atoms with E-state index in [1.165, 1.54) is 23.9 Å². The van der Waals surface area contributed by atoms with Crippen molar-refractivity contribution in [3.05, 3.63) is 48.4 Å². The zero-order valence-corrected chi connectivity index (χ0v) is 12.9. The third-order valence-electron chi connectivity index (χ3n) is 2.78.